The van der Waals surface area contributed by atoms with E-state index in [9.17, 15) is 13.8 Å². The number of amides is 1. The van der Waals surface area contributed by atoms with Crippen molar-refractivity contribution in [1.82, 2.24) is 5.32 Å². The number of benzene rings is 2. The average Bonchev–Trinajstić information content (AvgIpc) is 2.70. The number of nitriles is 1. The van der Waals surface area contributed by atoms with Gasteiger partial charge in [-0.2, -0.15) is 5.26 Å². The zero-order valence-electron chi connectivity index (χ0n) is 14.2. The molecule has 2 aromatic carbocycles. The van der Waals surface area contributed by atoms with Crippen LogP contribution in [0, 0.1) is 11.3 Å². The van der Waals surface area contributed by atoms with Crippen LogP contribution in [0.25, 0.3) is 0 Å². The van der Waals surface area contributed by atoms with Gasteiger partial charge in [0.05, 0.1) is 29.5 Å². The van der Waals surface area contributed by atoms with Gasteiger partial charge in [0.1, 0.15) is 6.04 Å². The van der Waals surface area contributed by atoms with Gasteiger partial charge in [-0.05, 0) is 42.8 Å². The van der Waals surface area contributed by atoms with Gasteiger partial charge in [-0.3, -0.25) is 9.00 Å². The summed E-state index contributed by atoms with van der Waals surface area (Å²) in [5.74, 6) is -0.857. The number of carbonyl (C=O) groups excluding carboxylic acids is 2. The summed E-state index contributed by atoms with van der Waals surface area (Å²) in [6.07, 6.45) is 0.177. The molecule has 0 radical (unpaired) electrons. The second kappa shape index (κ2) is 9.49. The summed E-state index contributed by atoms with van der Waals surface area (Å²) in [4.78, 5) is 24.9. The zero-order chi connectivity index (χ0) is 18.9. The molecule has 2 aromatic rings. The van der Waals surface area contributed by atoms with Crippen molar-refractivity contribution in [3.8, 4) is 6.07 Å². The minimum Gasteiger partial charge on any atom is -0.467 e. The third kappa shape index (κ3) is 5.26. The Balaban J connectivity index is 2.02. The van der Waals surface area contributed by atoms with Crippen LogP contribution in [0.4, 0.5) is 0 Å². The normalized spacial score (nSPS) is 12.5. The topological polar surface area (TPSA) is 96.3 Å². The molecule has 0 aliphatic rings. The summed E-state index contributed by atoms with van der Waals surface area (Å²) in [5, 5.41) is 11.4. The van der Waals surface area contributed by atoms with Crippen LogP contribution in [0.1, 0.15) is 22.3 Å². The van der Waals surface area contributed by atoms with Gasteiger partial charge in [-0.15, -0.1) is 0 Å². The number of carbonyl (C=O) groups is 2. The van der Waals surface area contributed by atoms with Crippen molar-refractivity contribution in [1.29, 1.82) is 5.26 Å². The highest BCUT2D eigenvalue weighted by Crippen LogP contribution is 2.09. The standard InChI is InChI=1S/C19H18N2O4S/c1-25-19(23)17(11-12-26(24)16-5-3-2-4-6-16)21-18(22)15-9-7-14(13-20)8-10-15/h2-10,17H,11-12H2,1H3,(H,21,22)/t17-,26-/m0/s1. The molecule has 1 N–H and O–H groups in total. The second-order valence-electron chi connectivity index (χ2n) is 5.39. The maximum absolute atomic E-state index is 12.3. The summed E-state index contributed by atoms with van der Waals surface area (Å²) in [6, 6.07) is 16.0. The maximum Gasteiger partial charge on any atom is 0.328 e. The van der Waals surface area contributed by atoms with Crippen molar-refractivity contribution in [2.24, 2.45) is 0 Å². The number of hydrogen-bond acceptors (Lipinski definition) is 5. The molecule has 0 fully saturated rings. The minimum absolute atomic E-state index is 0.177. The molecule has 0 bridgehead atoms. The van der Waals surface area contributed by atoms with Crippen molar-refractivity contribution in [3.05, 3.63) is 65.7 Å². The first-order valence-electron chi connectivity index (χ1n) is 7.87. The summed E-state index contributed by atoms with van der Waals surface area (Å²) < 4.78 is 17.0. The Kier molecular flexibility index (Phi) is 7.06. The molecule has 26 heavy (non-hydrogen) atoms. The van der Waals surface area contributed by atoms with Crippen molar-refractivity contribution < 1.29 is 18.5 Å². The minimum atomic E-state index is -1.28. The largest absolute Gasteiger partial charge is 0.467 e. The van der Waals surface area contributed by atoms with Crippen molar-refractivity contribution in [3.63, 3.8) is 0 Å². The number of ether oxygens (including phenoxy) is 1. The molecule has 0 unspecified atom stereocenters. The Bertz CT molecular complexity index is 829. The Labute approximate surface area is 154 Å². The van der Waals surface area contributed by atoms with E-state index < -0.39 is 28.7 Å². The molecule has 2 atom stereocenters. The SMILES string of the molecule is COC(=O)[C@H](CC[S@](=O)c1ccccc1)NC(=O)c1ccc(C#N)cc1. The molecule has 7 heteroatoms. The Hall–Kier alpha value is -2.98. The first-order valence-corrected chi connectivity index (χ1v) is 9.19. The fraction of sp³-hybridized carbons (Fsp3) is 0.211. The van der Waals surface area contributed by atoms with Crippen LogP contribution >= 0.6 is 0 Å². The number of rotatable bonds is 7. The van der Waals surface area contributed by atoms with E-state index in [-0.39, 0.29) is 12.2 Å². The summed E-state index contributed by atoms with van der Waals surface area (Å²) in [7, 11) is -0.0478. The van der Waals surface area contributed by atoms with Gasteiger partial charge in [0.2, 0.25) is 0 Å². The maximum atomic E-state index is 12.3. The molecule has 6 nitrogen and oxygen atoms in total. The lowest BCUT2D eigenvalue weighted by atomic mass is 10.1. The number of nitrogens with one attached hydrogen (secondary N) is 1. The van der Waals surface area contributed by atoms with Gasteiger partial charge in [0.25, 0.3) is 5.91 Å². The predicted octanol–water partition coefficient (Wildman–Crippen LogP) is 2.03. The molecule has 2 rings (SSSR count). The predicted molar refractivity (Wildman–Crippen MR) is 96.8 cm³/mol. The average molecular weight is 370 g/mol. The highest BCUT2D eigenvalue weighted by molar-refractivity contribution is 7.85. The fourth-order valence-electron chi connectivity index (χ4n) is 2.24. The van der Waals surface area contributed by atoms with Crippen molar-refractivity contribution in [2.75, 3.05) is 12.9 Å². The van der Waals surface area contributed by atoms with Crippen LogP contribution in [0.3, 0.4) is 0 Å². The molecule has 0 saturated carbocycles. The van der Waals surface area contributed by atoms with Crippen molar-refractivity contribution >= 4 is 22.7 Å². The lowest BCUT2D eigenvalue weighted by Crippen LogP contribution is -2.42. The summed E-state index contributed by atoms with van der Waals surface area (Å²) >= 11 is 0. The van der Waals surface area contributed by atoms with E-state index in [0.717, 1.165) is 0 Å². The van der Waals surface area contributed by atoms with Gasteiger partial charge in [0.15, 0.2) is 0 Å². The molecular formula is C19H18N2O4S. The molecule has 134 valence electrons. The summed E-state index contributed by atoms with van der Waals surface area (Å²) in [6.45, 7) is 0. The number of hydrogen-bond donors (Lipinski definition) is 1. The molecule has 0 saturated heterocycles. The van der Waals surface area contributed by atoms with Gasteiger partial charge in [-0.25, -0.2) is 4.79 Å². The molecular weight excluding hydrogens is 352 g/mol. The van der Waals surface area contributed by atoms with E-state index in [1.54, 1.807) is 24.3 Å². The van der Waals surface area contributed by atoms with Gasteiger partial charge >= 0.3 is 5.97 Å². The summed E-state index contributed by atoms with van der Waals surface area (Å²) in [5.41, 5.74) is 0.756. The smallest absolute Gasteiger partial charge is 0.328 e. The van der Waals surface area contributed by atoms with Crippen LogP contribution in [0.2, 0.25) is 0 Å². The van der Waals surface area contributed by atoms with E-state index in [2.05, 4.69) is 5.32 Å². The first-order chi connectivity index (χ1) is 12.5. The van der Waals surface area contributed by atoms with Gasteiger partial charge < -0.3 is 10.1 Å². The first kappa shape index (κ1) is 19.3. The van der Waals surface area contributed by atoms with Crippen LogP contribution in [-0.4, -0.2) is 35.0 Å². The molecule has 1 amide bonds. The lowest BCUT2D eigenvalue weighted by molar-refractivity contribution is -0.142. The van der Waals surface area contributed by atoms with E-state index in [1.165, 1.54) is 31.4 Å². The number of esters is 1. The van der Waals surface area contributed by atoms with Gasteiger partial charge in [-0.1, -0.05) is 18.2 Å². The fourth-order valence-corrected chi connectivity index (χ4v) is 3.39. The van der Waals surface area contributed by atoms with E-state index >= 15 is 0 Å². The third-order valence-corrected chi connectivity index (χ3v) is 5.07. The van der Waals surface area contributed by atoms with E-state index in [1.807, 2.05) is 12.1 Å². The van der Waals surface area contributed by atoms with Crippen molar-refractivity contribution in [2.45, 2.75) is 17.4 Å². The number of methoxy groups -OCH3 is 1. The van der Waals surface area contributed by atoms with Crippen LogP contribution < -0.4 is 5.32 Å². The Morgan fingerprint density at radius 1 is 1.15 bits per heavy atom. The van der Waals surface area contributed by atoms with E-state index in [4.69, 9.17) is 10.00 Å². The quantitative estimate of drug-likeness (QED) is 0.752. The Morgan fingerprint density at radius 2 is 1.81 bits per heavy atom. The number of nitrogens with zero attached hydrogens (tertiary/aromatic N) is 1. The van der Waals surface area contributed by atoms with Crippen LogP contribution in [0.5, 0.6) is 0 Å². The van der Waals surface area contributed by atoms with E-state index in [0.29, 0.717) is 16.0 Å². The van der Waals surface area contributed by atoms with Crippen LogP contribution in [-0.2, 0) is 20.3 Å². The molecule has 0 spiro atoms. The Morgan fingerprint density at radius 3 is 2.38 bits per heavy atom. The van der Waals surface area contributed by atoms with Gasteiger partial charge in [0, 0.05) is 16.2 Å². The van der Waals surface area contributed by atoms with Crippen LogP contribution in [0.15, 0.2) is 59.5 Å². The molecule has 0 aliphatic carbocycles. The zero-order valence-corrected chi connectivity index (χ0v) is 15.0. The lowest BCUT2D eigenvalue weighted by Gasteiger charge is -2.16. The third-order valence-electron chi connectivity index (χ3n) is 3.67. The highest BCUT2D eigenvalue weighted by Gasteiger charge is 2.23. The molecule has 0 heterocycles. The molecule has 0 aromatic heterocycles. The second-order valence-corrected chi connectivity index (χ2v) is 6.96. The molecule has 0 aliphatic heterocycles. The monoisotopic (exact) mass is 370 g/mol. The highest BCUT2D eigenvalue weighted by atomic mass is 32.2.